The molecular weight excluding hydrogens is 378 g/mol. The Morgan fingerprint density at radius 2 is 1.89 bits per heavy atom. The normalized spacial score (nSPS) is 14.2. The quantitative estimate of drug-likeness (QED) is 0.571. The van der Waals surface area contributed by atoms with Crippen LogP contribution in [0.4, 0.5) is 5.82 Å². The number of rotatable bonds is 6. The summed E-state index contributed by atoms with van der Waals surface area (Å²) in [5.74, 6) is -1.01. The number of amides is 3. The van der Waals surface area contributed by atoms with E-state index in [9.17, 15) is 19.6 Å². The third-order valence-corrected chi connectivity index (χ3v) is 5.24. The number of benzene rings is 1. The second kappa shape index (κ2) is 7.86. The number of H-pyrrole nitrogens is 1. The Balaban J connectivity index is 1.90. The van der Waals surface area contributed by atoms with Crippen LogP contribution in [0.3, 0.4) is 0 Å². The maximum Gasteiger partial charge on any atom is 0.262 e. The van der Waals surface area contributed by atoms with Crippen LogP contribution in [0.15, 0.2) is 29.3 Å². The number of thioether (sulfide) groups is 1. The minimum absolute atomic E-state index is 0.158. The maximum absolute atomic E-state index is 13.0. The molecule has 9 heteroatoms. The van der Waals surface area contributed by atoms with E-state index in [1.807, 2.05) is 13.0 Å². The summed E-state index contributed by atoms with van der Waals surface area (Å²) in [6.45, 7) is 5.43. The predicted molar refractivity (Wildman–Crippen MR) is 104 cm³/mol. The van der Waals surface area contributed by atoms with Gasteiger partial charge in [-0.15, -0.1) is 11.8 Å². The largest absolute Gasteiger partial charge is 0.308 e. The van der Waals surface area contributed by atoms with Crippen LogP contribution >= 0.6 is 11.8 Å². The van der Waals surface area contributed by atoms with Gasteiger partial charge in [-0.25, -0.2) is 0 Å². The molecule has 0 radical (unpaired) electrons. The zero-order valence-corrected chi connectivity index (χ0v) is 16.5. The first-order chi connectivity index (χ1) is 13.4. The molecule has 2 heterocycles. The lowest BCUT2D eigenvalue weighted by Gasteiger charge is -2.28. The lowest BCUT2D eigenvalue weighted by molar-refractivity contribution is -0.121. The number of nitrogens with one attached hydrogen (secondary N) is 2. The molecule has 1 aliphatic heterocycles. The lowest BCUT2D eigenvalue weighted by Crippen LogP contribution is -2.50. The van der Waals surface area contributed by atoms with Crippen LogP contribution in [0.5, 0.6) is 0 Å². The molecule has 0 aliphatic carbocycles. The zero-order chi connectivity index (χ0) is 20.4. The van der Waals surface area contributed by atoms with Crippen molar-refractivity contribution in [2.24, 2.45) is 5.92 Å². The number of anilines is 1. The van der Waals surface area contributed by atoms with E-state index in [1.165, 1.54) is 11.8 Å². The monoisotopic (exact) mass is 397 g/mol. The molecule has 1 aliphatic rings. The molecule has 144 valence electrons. The number of aromatic amines is 1. The highest BCUT2D eigenvalue weighted by Gasteiger charge is 2.44. The standard InChI is InChI=1S/C19H19N5O3S/c1-4-28-17-13(9-20)15(22-23-17)21-16(25)14(10(2)3)24-18(26)11-7-5-6-8-12(11)19(24)27/h5-8,10,14H,4H2,1-3H3,(H2,21,22,23,25)/t14-/m0/s1. The summed E-state index contributed by atoms with van der Waals surface area (Å²) >= 11 is 1.37. The van der Waals surface area contributed by atoms with E-state index in [4.69, 9.17) is 0 Å². The Bertz CT molecular complexity index is 957. The Morgan fingerprint density at radius 3 is 2.39 bits per heavy atom. The highest BCUT2D eigenvalue weighted by Crippen LogP contribution is 2.29. The fourth-order valence-electron chi connectivity index (χ4n) is 3.14. The lowest BCUT2D eigenvalue weighted by atomic mass is 10.0. The molecular formula is C19H19N5O3S. The topological polar surface area (TPSA) is 119 Å². The second-order valence-corrected chi connectivity index (χ2v) is 7.78. The summed E-state index contributed by atoms with van der Waals surface area (Å²) in [4.78, 5) is 39.5. The predicted octanol–water partition coefficient (Wildman–Crippen LogP) is 2.65. The van der Waals surface area contributed by atoms with Gasteiger partial charge in [0.15, 0.2) is 0 Å². The third-order valence-electron chi connectivity index (χ3n) is 4.38. The highest BCUT2D eigenvalue weighted by molar-refractivity contribution is 7.99. The van der Waals surface area contributed by atoms with E-state index >= 15 is 0 Å². The summed E-state index contributed by atoms with van der Waals surface area (Å²) in [6, 6.07) is 7.50. The van der Waals surface area contributed by atoms with Crippen molar-refractivity contribution in [3.05, 3.63) is 41.0 Å². The van der Waals surface area contributed by atoms with Crippen molar-refractivity contribution in [1.82, 2.24) is 15.1 Å². The molecule has 0 saturated heterocycles. The molecule has 2 N–H and O–H groups in total. The van der Waals surface area contributed by atoms with Gasteiger partial charge < -0.3 is 5.32 Å². The van der Waals surface area contributed by atoms with E-state index < -0.39 is 23.8 Å². The van der Waals surface area contributed by atoms with Crippen LogP contribution in [-0.4, -0.2) is 44.6 Å². The van der Waals surface area contributed by atoms with Gasteiger partial charge in [-0.3, -0.25) is 24.4 Å². The number of imide groups is 1. The fourth-order valence-corrected chi connectivity index (χ4v) is 3.81. The van der Waals surface area contributed by atoms with E-state index in [0.717, 1.165) is 10.7 Å². The van der Waals surface area contributed by atoms with Crippen molar-refractivity contribution in [2.45, 2.75) is 31.8 Å². The van der Waals surface area contributed by atoms with E-state index in [2.05, 4.69) is 15.5 Å². The minimum atomic E-state index is -1.02. The van der Waals surface area contributed by atoms with Gasteiger partial charge in [-0.05, 0) is 23.8 Å². The number of carbonyl (C=O) groups excluding carboxylic acids is 3. The number of hydrogen-bond acceptors (Lipinski definition) is 6. The van der Waals surface area contributed by atoms with E-state index in [0.29, 0.717) is 5.03 Å². The summed E-state index contributed by atoms with van der Waals surface area (Å²) in [7, 11) is 0. The number of fused-ring (bicyclic) bond motifs is 1. The molecule has 1 aromatic carbocycles. The molecule has 0 unspecified atom stereocenters. The highest BCUT2D eigenvalue weighted by atomic mass is 32.2. The van der Waals surface area contributed by atoms with Gasteiger partial charge in [-0.2, -0.15) is 10.4 Å². The van der Waals surface area contributed by atoms with E-state index in [1.54, 1.807) is 38.1 Å². The Kier molecular flexibility index (Phi) is 5.51. The molecule has 8 nitrogen and oxygen atoms in total. The Morgan fingerprint density at radius 1 is 1.29 bits per heavy atom. The van der Waals surface area contributed by atoms with Crippen LogP contribution in [0, 0.1) is 17.2 Å². The first-order valence-corrected chi connectivity index (χ1v) is 9.78. The smallest absolute Gasteiger partial charge is 0.262 e. The van der Waals surface area contributed by atoms with E-state index in [-0.39, 0.29) is 28.4 Å². The number of carbonyl (C=O) groups is 3. The Labute approximate surface area is 166 Å². The summed E-state index contributed by atoms with van der Waals surface area (Å²) in [6.07, 6.45) is 0. The Hall–Kier alpha value is -3.12. The molecule has 0 bridgehead atoms. The van der Waals surface area contributed by atoms with Gasteiger partial charge in [0.1, 0.15) is 28.5 Å². The van der Waals surface area contributed by atoms with Crippen molar-refractivity contribution in [3.63, 3.8) is 0 Å². The van der Waals surface area contributed by atoms with Crippen LogP contribution in [-0.2, 0) is 4.79 Å². The number of nitrogens with zero attached hydrogens (tertiary/aromatic N) is 3. The molecule has 1 aromatic heterocycles. The van der Waals surface area contributed by atoms with Gasteiger partial charge in [-0.1, -0.05) is 32.9 Å². The summed E-state index contributed by atoms with van der Waals surface area (Å²) < 4.78 is 0. The molecule has 1 atom stereocenters. The molecule has 3 rings (SSSR count). The van der Waals surface area contributed by atoms with Crippen molar-refractivity contribution >= 4 is 35.3 Å². The van der Waals surface area contributed by atoms with Crippen molar-refractivity contribution in [1.29, 1.82) is 5.26 Å². The summed E-state index contributed by atoms with van der Waals surface area (Å²) in [5, 5.41) is 19.2. The van der Waals surface area contributed by atoms with Gasteiger partial charge in [0.2, 0.25) is 5.91 Å². The molecule has 3 amide bonds. The maximum atomic E-state index is 13.0. The van der Waals surface area contributed by atoms with Gasteiger partial charge in [0.25, 0.3) is 11.8 Å². The van der Waals surface area contributed by atoms with Gasteiger partial charge in [0.05, 0.1) is 11.1 Å². The molecule has 0 saturated carbocycles. The number of nitriles is 1. The zero-order valence-electron chi connectivity index (χ0n) is 15.6. The van der Waals surface area contributed by atoms with Crippen LogP contribution in [0.2, 0.25) is 0 Å². The average molecular weight is 397 g/mol. The van der Waals surface area contributed by atoms with Gasteiger partial charge >= 0.3 is 0 Å². The summed E-state index contributed by atoms with van der Waals surface area (Å²) in [5.41, 5.74) is 0.795. The number of aromatic nitrogens is 2. The van der Waals surface area contributed by atoms with Crippen LogP contribution in [0.25, 0.3) is 0 Å². The van der Waals surface area contributed by atoms with Crippen LogP contribution in [0.1, 0.15) is 47.1 Å². The first-order valence-electron chi connectivity index (χ1n) is 8.79. The average Bonchev–Trinajstić information content (AvgIpc) is 3.16. The molecule has 0 fully saturated rings. The molecule has 28 heavy (non-hydrogen) atoms. The second-order valence-electron chi connectivity index (χ2n) is 6.53. The fraction of sp³-hybridized carbons (Fsp3) is 0.316. The van der Waals surface area contributed by atoms with Gasteiger partial charge in [0, 0.05) is 0 Å². The van der Waals surface area contributed by atoms with Crippen molar-refractivity contribution in [3.8, 4) is 6.07 Å². The molecule has 2 aromatic rings. The number of hydrogen-bond donors (Lipinski definition) is 2. The van der Waals surface area contributed by atoms with Crippen molar-refractivity contribution < 1.29 is 14.4 Å². The SMILES string of the molecule is CCSc1n[nH]c(NC(=O)[C@H](C(C)C)N2C(=O)c3ccccc3C2=O)c1C#N. The minimum Gasteiger partial charge on any atom is -0.308 e. The molecule has 0 spiro atoms. The van der Waals surface area contributed by atoms with Crippen molar-refractivity contribution in [2.75, 3.05) is 11.1 Å². The van der Waals surface area contributed by atoms with Crippen LogP contribution < -0.4 is 5.32 Å². The third kappa shape index (κ3) is 3.27. The first kappa shape index (κ1) is 19.6.